The van der Waals surface area contributed by atoms with Gasteiger partial charge in [-0.3, -0.25) is 4.79 Å². The average Bonchev–Trinajstić information content (AvgIpc) is 3.29. The van der Waals surface area contributed by atoms with Crippen molar-refractivity contribution in [2.75, 3.05) is 7.11 Å². The summed E-state index contributed by atoms with van der Waals surface area (Å²) in [5.74, 6) is 0.749. The van der Waals surface area contributed by atoms with Crippen molar-refractivity contribution in [2.45, 2.75) is 18.4 Å². The van der Waals surface area contributed by atoms with E-state index in [9.17, 15) is 4.79 Å². The van der Waals surface area contributed by atoms with Crippen molar-refractivity contribution < 1.29 is 9.53 Å². The van der Waals surface area contributed by atoms with E-state index >= 15 is 0 Å². The van der Waals surface area contributed by atoms with Crippen LogP contribution in [0.15, 0.2) is 48.5 Å². The zero-order valence-electron chi connectivity index (χ0n) is 11.7. The van der Waals surface area contributed by atoms with E-state index in [2.05, 4.69) is 5.32 Å². The number of benzene rings is 2. The summed E-state index contributed by atoms with van der Waals surface area (Å²) in [4.78, 5) is 12.3. The molecule has 0 saturated heterocycles. The summed E-state index contributed by atoms with van der Waals surface area (Å²) in [6, 6.07) is 14.8. The van der Waals surface area contributed by atoms with Crippen molar-refractivity contribution in [3.63, 3.8) is 0 Å². The summed E-state index contributed by atoms with van der Waals surface area (Å²) in [6.45, 7) is 0. The van der Waals surface area contributed by atoms with Crippen molar-refractivity contribution in [1.29, 1.82) is 0 Å². The van der Waals surface area contributed by atoms with Gasteiger partial charge in [0.1, 0.15) is 5.75 Å². The molecule has 1 saturated carbocycles. The van der Waals surface area contributed by atoms with Crippen LogP contribution in [0, 0.1) is 0 Å². The Hall–Kier alpha value is -2.00. The molecule has 0 heterocycles. The third-order valence-corrected chi connectivity index (χ3v) is 4.10. The van der Waals surface area contributed by atoms with E-state index in [1.165, 1.54) is 0 Å². The molecule has 21 heavy (non-hydrogen) atoms. The second-order valence-electron chi connectivity index (χ2n) is 5.27. The quantitative estimate of drug-likeness (QED) is 0.933. The number of amides is 1. The number of nitrogens with one attached hydrogen (secondary N) is 1. The lowest BCUT2D eigenvalue weighted by molar-refractivity contribution is 0.0931. The highest BCUT2D eigenvalue weighted by Crippen LogP contribution is 2.46. The molecule has 1 N–H and O–H groups in total. The first-order chi connectivity index (χ1) is 10.1. The smallest absolute Gasteiger partial charge is 0.251 e. The van der Waals surface area contributed by atoms with Crippen molar-refractivity contribution in [3.05, 3.63) is 64.7 Å². The minimum absolute atomic E-state index is 0.0695. The SMILES string of the molecule is COc1ccc(C2(NC(=O)c3ccc(Cl)cc3)CC2)cc1. The maximum Gasteiger partial charge on any atom is 0.251 e. The Kier molecular flexibility index (Phi) is 3.60. The molecule has 1 aliphatic carbocycles. The van der Waals surface area contributed by atoms with Crippen LogP contribution < -0.4 is 10.1 Å². The molecule has 0 unspecified atom stereocenters. The number of ether oxygens (including phenoxy) is 1. The fraction of sp³-hybridized carbons (Fsp3) is 0.235. The van der Waals surface area contributed by atoms with Crippen LogP contribution in [0.2, 0.25) is 5.02 Å². The fourth-order valence-corrected chi connectivity index (χ4v) is 2.54. The average molecular weight is 302 g/mol. The van der Waals surface area contributed by atoms with Gasteiger partial charge in [-0.1, -0.05) is 23.7 Å². The van der Waals surface area contributed by atoms with E-state index in [0.29, 0.717) is 10.6 Å². The first kappa shape index (κ1) is 14.0. The van der Waals surface area contributed by atoms with Crippen LogP contribution in [-0.2, 0) is 5.54 Å². The van der Waals surface area contributed by atoms with Gasteiger partial charge in [-0.25, -0.2) is 0 Å². The Labute approximate surface area is 128 Å². The van der Waals surface area contributed by atoms with Gasteiger partial charge >= 0.3 is 0 Å². The lowest BCUT2D eigenvalue weighted by atomic mass is 10.0. The number of methoxy groups -OCH3 is 1. The third kappa shape index (κ3) is 2.88. The lowest BCUT2D eigenvalue weighted by Crippen LogP contribution is -2.34. The molecule has 0 atom stereocenters. The molecule has 4 heteroatoms. The first-order valence-corrected chi connectivity index (χ1v) is 7.23. The lowest BCUT2D eigenvalue weighted by Gasteiger charge is -2.18. The van der Waals surface area contributed by atoms with Crippen LogP contribution >= 0.6 is 11.6 Å². The van der Waals surface area contributed by atoms with Gasteiger partial charge in [0.25, 0.3) is 5.91 Å². The van der Waals surface area contributed by atoms with Crippen LogP contribution in [0.5, 0.6) is 5.75 Å². The van der Waals surface area contributed by atoms with E-state index in [4.69, 9.17) is 16.3 Å². The molecule has 1 aliphatic rings. The van der Waals surface area contributed by atoms with Gasteiger partial charge in [0.2, 0.25) is 0 Å². The van der Waals surface area contributed by atoms with Crippen molar-refractivity contribution in [3.8, 4) is 5.75 Å². The molecule has 2 aromatic rings. The monoisotopic (exact) mass is 301 g/mol. The molecule has 0 spiro atoms. The molecule has 0 bridgehead atoms. The largest absolute Gasteiger partial charge is 0.497 e. The molecule has 3 nitrogen and oxygen atoms in total. The van der Waals surface area contributed by atoms with E-state index in [1.54, 1.807) is 31.4 Å². The number of carbonyl (C=O) groups excluding carboxylic acids is 1. The highest BCUT2D eigenvalue weighted by Gasteiger charge is 2.45. The van der Waals surface area contributed by atoms with E-state index in [0.717, 1.165) is 24.2 Å². The van der Waals surface area contributed by atoms with E-state index < -0.39 is 0 Å². The summed E-state index contributed by atoms with van der Waals surface area (Å²) >= 11 is 5.84. The maximum atomic E-state index is 12.3. The zero-order chi connectivity index (χ0) is 14.9. The van der Waals surface area contributed by atoms with Crippen molar-refractivity contribution >= 4 is 17.5 Å². The standard InChI is InChI=1S/C17H16ClNO2/c1-21-15-8-4-13(5-9-15)17(10-11-17)19-16(20)12-2-6-14(18)7-3-12/h2-9H,10-11H2,1H3,(H,19,20). The summed E-state index contributed by atoms with van der Waals surface area (Å²) < 4.78 is 5.16. The van der Waals surface area contributed by atoms with Gasteiger partial charge in [0, 0.05) is 10.6 Å². The molecule has 1 amide bonds. The second-order valence-corrected chi connectivity index (χ2v) is 5.71. The Balaban J connectivity index is 1.76. The van der Waals surface area contributed by atoms with Gasteiger partial charge in [0.15, 0.2) is 0 Å². The highest BCUT2D eigenvalue weighted by atomic mass is 35.5. The predicted molar refractivity (Wildman–Crippen MR) is 82.8 cm³/mol. The van der Waals surface area contributed by atoms with Gasteiger partial charge in [-0.05, 0) is 54.8 Å². The molecule has 1 fully saturated rings. The normalized spacial score (nSPS) is 15.3. The number of rotatable bonds is 4. The highest BCUT2D eigenvalue weighted by molar-refractivity contribution is 6.30. The van der Waals surface area contributed by atoms with Gasteiger partial charge < -0.3 is 10.1 Å². The van der Waals surface area contributed by atoms with Crippen LogP contribution in [-0.4, -0.2) is 13.0 Å². The molecule has 0 aromatic heterocycles. The number of hydrogen-bond acceptors (Lipinski definition) is 2. The molecular formula is C17H16ClNO2. The second kappa shape index (κ2) is 5.41. The van der Waals surface area contributed by atoms with Crippen LogP contribution in [0.3, 0.4) is 0 Å². The number of hydrogen-bond donors (Lipinski definition) is 1. The topological polar surface area (TPSA) is 38.3 Å². The van der Waals surface area contributed by atoms with Crippen molar-refractivity contribution in [2.24, 2.45) is 0 Å². The Morgan fingerprint density at radius 1 is 1.10 bits per heavy atom. The number of carbonyl (C=O) groups is 1. The van der Waals surface area contributed by atoms with Crippen LogP contribution in [0.4, 0.5) is 0 Å². The zero-order valence-corrected chi connectivity index (χ0v) is 12.5. The van der Waals surface area contributed by atoms with Crippen LogP contribution in [0.25, 0.3) is 0 Å². The minimum Gasteiger partial charge on any atom is -0.497 e. The Morgan fingerprint density at radius 3 is 2.24 bits per heavy atom. The molecular weight excluding hydrogens is 286 g/mol. The maximum absolute atomic E-state index is 12.3. The predicted octanol–water partition coefficient (Wildman–Crippen LogP) is 3.77. The fourth-order valence-electron chi connectivity index (χ4n) is 2.41. The Bertz CT molecular complexity index is 645. The van der Waals surface area contributed by atoms with Gasteiger partial charge in [-0.2, -0.15) is 0 Å². The summed E-state index contributed by atoms with van der Waals surface area (Å²) in [5.41, 5.74) is 1.51. The third-order valence-electron chi connectivity index (χ3n) is 3.85. The summed E-state index contributed by atoms with van der Waals surface area (Å²) in [6.07, 6.45) is 1.91. The Morgan fingerprint density at radius 2 is 1.71 bits per heavy atom. The van der Waals surface area contributed by atoms with Gasteiger partial charge in [-0.15, -0.1) is 0 Å². The van der Waals surface area contributed by atoms with E-state index in [1.807, 2.05) is 24.3 Å². The molecule has 0 radical (unpaired) electrons. The van der Waals surface area contributed by atoms with Gasteiger partial charge in [0.05, 0.1) is 12.6 Å². The minimum atomic E-state index is -0.233. The molecule has 108 valence electrons. The molecule has 0 aliphatic heterocycles. The molecule has 2 aromatic carbocycles. The first-order valence-electron chi connectivity index (χ1n) is 6.86. The van der Waals surface area contributed by atoms with Crippen molar-refractivity contribution in [1.82, 2.24) is 5.32 Å². The summed E-state index contributed by atoms with van der Waals surface area (Å²) in [5, 5.41) is 3.76. The van der Waals surface area contributed by atoms with Crippen LogP contribution in [0.1, 0.15) is 28.8 Å². The molecule has 3 rings (SSSR count). The van der Waals surface area contributed by atoms with E-state index in [-0.39, 0.29) is 11.4 Å². The number of halogens is 1. The summed E-state index contributed by atoms with van der Waals surface area (Å²) in [7, 11) is 1.64.